The summed E-state index contributed by atoms with van der Waals surface area (Å²) in [6.07, 6.45) is 1.91. The third-order valence-electron chi connectivity index (χ3n) is 4.60. The maximum absolute atomic E-state index is 12.9. The van der Waals surface area contributed by atoms with Crippen molar-refractivity contribution in [3.8, 4) is 5.75 Å². The average Bonchev–Trinajstić information content (AvgIpc) is 3.13. The minimum Gasteiger partial charge on any atom is -0.497 e. The highest BCUT2D eigenvalue weighted by molar-refractivity contribution is 7.92. The van der Waals surface area contributed by atoms with Crippen molar-refractivity contribution in [1.29, 1.82) is 0 Å². The number of benzene rings is 2. The summed E-state index contributed by atoms with van der Waals surface area (Å²) in [6.45, 7) is 1.80. The predicted molar refractivity (Wildman–Crippen MR) is 118 cm³/mol. The Morgan fingerprint density at radius 3 is 2.53 bits per heavy atom. The molecule has 0 aliphatic carbocycles. The lowest BCUT2D eigenvalue weighted by Crippen LogP contribution is -2.29. The first-order chi connectivity index (χ1) is 14.1. The largest absolute Gasteiger partial charge is 0.497 e. The Kier molecular flexibility index (Phi) is 6.37. The normalized spacial score (nSPS) is 17.0. The summed E-state index contributed by atoms with van der Waals surface area (Å²) < 4.78 is 57.8. The molecule has 1 heterocycles. The summed E-state index contributed by atoms with van der Waals surface area (Å²) in [5, 5.41) is 4.44. The Morgan fingerprint density at radius 1 is 1.13 bits per heavy atom. The van der Waals surface area contributed by atoms with E-state index in [9.17, 15) is 16.8 Å². The Bertz CT molecular complexity index is 1160. The van der Waals surface area contributed by atoms with Gasteiger partial charge in [0.05, 0.1) is 30.9 Å². The van der Waals surface area contributed by atoms with Gasteiger partial charge in [0.1, 0.15) is 5.75 Å². The topological polar surface area (TPSA) is 105 Å². The molecule has 0 aromatic heterocycles. The summed E-state index contributed by atoms with van der Waals surface area (Å²) in [7, 11) is -5.49. The fourth-order valence-electron chi connectivity index (χ4n) is 3.34. The maximum Gasteiger partial charge on any atom is 0.250 e. The van der Waals surface area contributed by atoms with Crippen molar-refractivity contribution >= 4 is 31.4 Å². The molecule has 8 nitrogen and oxygen atoms in total. The van der Waals surface area contributed by atoms with Crippen LogP contribution in [0.1, 0.15) is 36.9 Å². The predicted octanol–water partition coefficient (Wildman–Crippen LogP) is 2.96. The molecule has 0 saturated carbocycles. The van der Waals surface area contributed by atoms with E-state index < -0.39 is 26.1 Å². The SMILES string of the molecule is CCCS(=O)(=O)N1N=C(c2cccc(NS(C)(=O)=O)c2)CC1c1cccc(OC)c1. The summed E-state index contributed by atoms with van der Waals surface area (Å²) in [6, 6.07) is 13.5. The molecule has 0 bridgehead atoms. The second-order valence-electron chi connectivity index (χ2n) is 7.09. The summed E-state index contributed by atoms with van der Waals surface area (Å²) in [4.78, 5) is 0. The highest BCUT2D eigenvalue weighted by Gasteiger charge is 2.36. The second kappa shape index (κ2) is 8.65. The quantitative estimate of drug-likeness (QED) is 0.664. The van der Waals surface area contributed by atoms with Gasteiger partial charge in [0.2, 0.25) is 20.0 Å². The molecule has 0 amide bonds. The van der Waals surface area contributed by atoms with E-state index in [-0.39, 0.29) is 5.75 Å². The zero-order chi connectivity index (χ0) is 21.9. The second-order valence-corrected chi connectivity index (χ2v) is 10.8. The molecule has 0 saturated heterocycles. The molecule has 1 N–H and O–H groups in total. The van der Waals surface area contributed by atoms with E-state index in [0.29, 0.717) is 35.6 Å². The first-order valence-corrected chi connectivity index (χ1v) is 12.9. The number of nitrogens with one attached hydrogen (secondary N) is 1. The Hall–Kier alpha value is -2.59. The maximum atomic E-state index is 12.9. The molecule has 1 aliphatic rings. The van der Waals surface area contributed by atoms with Crippen LogP contribution >= 0.6 is 0 Å². The zero-order valence-electron chi connectivity index (χ0n) is 17.1. The highest BCUT2D eigenvalue weighted by atomic mass is 32.2. The number of hydrogen-bond donors (Lipinski definition) is 1. The van der Waals surface area contributed by atoms with Crippen molar-refractivity contribution < 1.29 is 21.6 Å². The lowest BCUT2D eigenvalue weighted by atomic mass is 9.99. The van der Waals surface area contributed by atoms with Gasteiger partial charge < -0.3 is 4.74 Å². The van der Waals surface area contributed by atoms with Crippen LogP contribution in [0.25, 0.3) is 0 Å². The first-order valence-electron chi connectivity index (χ1n) is 9.44. The van der Waals surface area contributed by atoms with Crippen molar-refractivity contribution in [3.05, 3.63) is 59.7 Å². The number of sulfonamides is 2. The minimum absolute atomic E-state index is 0.0140. The molecule has 3 rings (SSSR count). The van der Waals surface area contributed by atoms with Crippen molar-refractivity contribution in [2.24, 2.45) is 5.10 Å². The van der Waals surface area contributed by atoms with Crippen LogP contribution in [0.4, 0.5) is 5.69 Å². The lowest BCUT2D eigenvalue weighted by molar-refractivity contribution is 0.368. The number of ether oxygens (including phenoxy) is 1. The standard InChI is InChI=1S/C20H25N3O5S2/c1-4-11-30(26,27)23-20(16-8-6-10-18(13-16)28-2)14-19(21-23)15-7-5-9-17(12-15)22-29(3,24)25/h5-10,12-13,20,22H,4,11,14H2,1-3H3. The van der Waals surface area contributed by atoms with Gasteiger partial charge in [0, 0.05) is 12.1 Å². The van der Waals surface area contributed by atoms with Crippen LogP contribution in [0.5, 0.6) is 5.75 Å². The third-order valence-corrected chi connectivity index (χ3v) is 7.03. The first kappa shape index (κ1) is 22.1. The fraction of sp³-hybridized carbons (Fsp3) is 0.350. The fourth-order valence-corrected chi connectivity index (χ4v) is 5.41. The van der Waals surface area contributed by atoms with E-state index >= 15 is 0 Å². The molecule has 1 aliphatic heterocycles. The van der Waals surface area contributed by atoms with Gasteiger partial charge in [-0.25, -0.2) is 16.8 Å². The number of rotatable bonds is 8. The van der Waals surface area contributed by atoms with Gasteiger partial charge in [-0.1, -0.05) is 31.2 Å². The van der Waals surface area contributed by atoms with Gasteiger partial charge in [-0.3, -0.25) is 4.72 Å². The molecular formula is C20H25N3O5S2. The zero-order valence-corrected chi connectivity index (χ0v) is 18.7. The van der Waals surface area contributed by atoms with Crippen LogP contribution in [-0.2, 0) is 20.0 Å². The van der Waals surface area contributed by atoms with E-state index in [0.717, 1.165) is 11.8 Å². The number of nitrogens with zero attached hydrogens (tertiary/aromatic N) is 2. The third kappa shape index (κ3) is 5.11. The smallest absolute Gasteiger partial charge is 0.250 e. The van der Waals surface area contributed by atoms with E-state index in [2.05, 4.69) is 9.82 Å². The number of hydrogen-bond acceptors (Lipinski definition) is 6. The summed E-state index contributed by atoms with van der Waals surface area (Å²) in [5.41, 5.74) is 2.40. The number of methoxy groups -OCH3 is 1. The average molecular weight is 452 g/mol. The van der Waals surface area contributed by atoms with Crippen LogP contribution in [-0.4, -0.2) is 46.1 Å². The van der Waals surface area contributed by atoms with Gasteiger partial charge in [-0.2, -0.15) is 9.52 Å². The van der Waals surface area contributed by atoms with Crippen molar-refractivity contribution in [1.82, 2.24) is 4.41 Å². The van der Waals surface area contributed by atoms with Crippen molar-refractivity contribution in [3.63, 3.8) is 0 Å². The number of anilines is 1. The summed E-state index contributed by atoms with van der Waals surface area (Å²) >= 11 is 0. The molecule has 0 spiro atoms. The Balaban J connectivity index is 2.01. The molecule has 1 unspecified atom stereocenters. The lowest BCUT2D eigenvalue weighted by Gasteiger charge is -2.23. The van der Waals surface area contributed by atoms with Crippen LogP contribution in [0, 0.1) is 0 Å². The van der Waals surface area contributed by atoms with E-state index in [4.69, 9.17) is 4.74 Å². The molecule has 2 aromatic rings. The van der Waals surface area contributed by atoms with Gasteiger partial charge in [0.15, 0.2) is 0 Å². The van der Waals surface area contributed by atoms with Gasteiger partial charge in [-0.05, 0) is 41.8 Å². The minimum atomic E-state index is -3.61. The number of hydrazone groups is 1. The van der Waals surface area contributed by atoms with Crippen LogP contribution in [0.2, 0.25) is 0 Å². The molecule has 2 aromatic carbocycles. The molecular weight excluding hydrogens is 426 g/mol. The molecule has 0 radical (unpaired) electrons. The van der Waals surface area contributed by atoms with E-state index in [1.165, 1.54) is 4.41 Å². The molecule has 0 fully saturated rings. The van der Waals surface area contributed by atoms with Crippen LogP contribution in [0.15, 0.2) is 53.6 Å². The monoisotopic (exact) mass is 451 g/mol. The van der Waals surface area contributed by atoms with Crippen molar-refractivity contribution in [2.75, 3.05) is 23.8 Å². The molecule has 1 atom stereocenters. The molecule has 30 heavy (non-hydrogen) atoms. The molecule has 10 heteroatoms. The highest BCUT2D eigenvalue weighted by Crippen LogP contribution is 2.36. The van der Waals surface area contributed by atoms with Crippen LogP contribution < -0.4 is 9.46 Å². The Morgan fingerprint density at radius 2 is 1.87 bits per heavy atom. The molecule has 162 valence electrons. The van der Waals surface area contributed by atoms with Crippen LogP contribution in [0.3, 0.4) is 0 Å². The van der Waals surface area contributed by atoms with Gasteiger partial charge in [0.25, 0.3) is 0 Å². The summed E-state index contributed by atoms with van der Waals surface area (Å²) in [5.74, 6) is 0.619. The van der Waals surface area contributed by atoms with Gasteiger partial charge >= 0.3 is 0 Å². The van der Waals surface area contributed by atoms with E-state index in [1.807, 2.05) is 12.1 Å². The van der Waals surface area contributed by atoms with Gasteiger partial charge in [-0.15, -0.1) is 0 Å². The van der Waals surface area contributed by atoms with E-state index in [1.54, 1.807) is 50.4 Å². The Labute approximate surface area is 177 Å². The van der Waals surface area contributed by atoms with Crippen molar-refractivity contribution in [2.45, 2.75) is 25.8 Å².